The summed E-state index contributed by atoms with van der Waals surface area (Å²) >= 11 is 9.35. The van der Waals surface area contributed by atoms with Crippen LogP contribution in [0.1, 0.15) is 42.1 Å². The third-order valence-corrected chi connectivity index (χ3v) is 5.74. The monoisotopic (exact) mass is 501 g/mol. The first kappa shape index (κ1) is 20.9. The fourth-order valence-corrected chi connectivity index (χ4v) is 4.10. The summed E-state index contributed by atoms with van der Waals surface area (Å²) in [5.41, 5.74) is 1.04. The van der Waals surface area contributed by atoms with Crippen molar-refractivity contribution in [2.24, 2.45) is 0 Å². The second kappa shape index (κ2) is 8.43. The van der Waals surface area contributed by atoms with E-state index in [0.29, 0.717) is 12.2 Å². The molecule has 1 amide bonds. The van der Waals surface area contributed by atoms with Crippen molar-refractivity contribution in [3.8, 4) is 0 Å². The molecule has 1 saturated carbocycles. The highest BCUT2D eigenvalue weighted by Crippen LogP contribution is 2.45. The highest BCUT2D eigenvalue weighted by atomic mass is 79.9. The summed E-state index contributed by atoms with van der Waals surface area (Å²) in [6, 6.07) is 5.93. The standard InChI is InChI=1S/C19H16BrClF3N5O/c20-15-16(18(23)24)26-29(17(15)11-3-4-11)9-14(30)25-19-13(21)8-28(27-19)7-10-1-5-12(22)6-2-10/h1-2,5-6,8,11,18H,3-4,7,9H2,(H,25,27,30). The van der Waals surface area contributed by atoms with Gasteiger partial charge in [-0.05, 0) is 46.5 Å². The average molecular weight is 503 g/mol. The van der Waals surface area contributed by atoms with Crippen LogP contribution in [0.5, 0.6) is 0 Å². The number of anilines is 1. The number of rotatable bonds is 7. The molecule has 2 heterocycles. The Hall–Kier alpha value is -2.33. The molecule has 0 spiro atoms. The Bertz CT molecular complexity index is 1080. The number of carbonyl (C=O) groups is 1. The van der Waals surface area contributed by atoms with Gasteiger partial charge in [-0.25, -0.2) is 13.2 Å². The van der Waals surface area contributed by atoms with Crippen molar-refractivity contribution in [3.63, 3.8) is 0 Å². The van der Waals surface area contributed by atoms with Crippen LogP contribution >= 0.6 is 27.5 Å². The van der Waals surface area contributed by atoms with Crippen LogP contribution in [0.15, 0.2) is 34.9 Å². The lowest BCUT2D eigenvalue weighted by molar-refractivity contribution is -0.117. The Kier molecular flexibility index (Phi) is 5.88. The molecule has 1 N–H and O–H groups in total. The zero-order valence-electron chi connectivity index (χ0n) is 15.5. The molecule has 0 bridgehead atoms. The van der Waals surface area contributed by atoms with E-state index in [2.05, 4.69) is 31.4 Å². The number of nitrogens with zero attached hydrogens (tertiary/aromatic N) is 4. The maximum absolute atomic E-state index is 13.2. The molecule has 1 aromatic carbocycles. The minimum Gasteiger partial charge on any atom is -0.306 e. The molecule has 158 valence electrons. The Morgan fingerprint density at radius 3 is 2.60 bits per heavy atom. The van der Waals surface area contributed by atoms with Gasteiger partial charge in [0, 0.05) is 12.1 Å². The molecule has 1 aliphatic carbocycles. The number of halogens is 5. The topological polar surface area (TPSA) is 64.7 Å². The number of nitrogens with one attached hydrogen (secondary N) is 1. The van der Waals surface area contributed by atoms with E-state index in [1.807, 2.05) is 0 Å². The van der Waals surface area contributed by atoms with Crippen LogP contribution in [0.3, 0.4) is 0 Å². The number of hydrogen-bond donors (Lipinski definition) is 1. The molecule has 0 atom stereocenters. The maximum atomic E-state index is 13.2. The average Bonchev–Trinajstić information content (AvgIpc) is 3.38. The van der Waals surface area contributed by atoms with E-state index in [1.165, 1.54) is 27.7 Å². The summed E-state index contributed by atoms with van der Waals surface area (Å²) in [6.07, 6.45) is 0.538. The van der Waals surface area contributed by atoms with Crippen LogP contribution in [-0.2, 0) is 17.9 Å². The van der Waals surface area contributed by atoms with Crippen LogP contribution in [0.4, 0.5) is 19.0 Å². The second-order valence-corrected chi connectivity index (χ2v) is 8.22. The molecule has 0 aliphatic heterocycles. The van der Waals surface area contributed by atoms with Gasteiger partial charge < -0.3 is 5.32 Å². The van der Waals surface area contributed by atoms with E-state index in [-0.39, 0.29) is 39.3 Å². The predicted octanol–water partition coefficient (Wildman–Crippen LogP) is 5.14. The van der Waals surface area contributed by atoms with Gasteiger partial charge in [0.05, 0.1) is 16.7 Å². The Morgan fingerprint density at radius 2 is 1.97 bits per heavy atom. The molecule has 30 heavy (non-hydrogen) atoms. The molecule has 3 aromatic rings. The van der Waals surface area contributed by atoms with Gasteiger partial charge in [0.2, 0.25) is 5.91 Å². The molecular weight excluding hydrogens is 487 g/mol. The van der Waals surface area contributed by atoms with Crippen LogP contribution < -0.4 is 5.32 Å². The smallest absolute Gasteiger partial charge is 0.283 e. The number of carbonyl (C=O) groups excluding carboxylic acids is 1. The lowest BCUT2D eigenvalue weighted by Gasteiger charge is -2.07. The third-order valence-electron chi connectivity index (χ3n) is 4.65. The summed E-state index contributed by atoms with van der Waals surface area (Å²) < 4.78 is 42.5. The minimum absolute atomic E-state index is 0.116. The zero-order valence-corrected chi connectivity index (χ0v) is 17.8. The van der Waals surface area contributed by atoms with Crippen molar-refractivity contribution in [2.45, 2.75) is 38.3 Å². The number of alkyl halides is 2. The molecule has 6 nitrogen and oxygen atoms in total. The molecule has 4 rings (SSSR count). The van der Waals surface area contributed by atoms with E-state index in [9.17, 15) is 18.0 Å². The molecule has 1 fully saturated rings. The largest absolute Gasteiger partial charge is 0.306 e. The van der Waals surface area contributed by atoms with Gasteiger partial charge in [0.1, 0.15) is 23.1 Å². The summed E-state index contributed by atoms with van der Waals surface area (Å²) in [5.74, 6) is -0.555. The van der Waals surface area contributed by atoms with Crippen LogP contribution in [-0.4, -0.2) is 25.5 Å². The van der Waals surface area contributed by atoms with Crippen molar-refractivity contribution in [2.75, 3.05) is 5.32 Å². The van der Waals surface area contributed by atoms with Gasteiger partial charge in [-0.15, -0.1) is 0 Å². The van der Waals surface area contributed by atoms with Crippen molar-refractivity contribution < 1.29 is 18.0 Å². The van der Waals surface area contributed by atoms with Gasteiger partial charge >= 0.3 is 0 Å². The summed E-state index contributed by atoms with van der Waals surface area (Å²) in [7, 11) is 0. The Morgan fingerprint density at radius 1 is 1.27 bits per heavy atom. The fraction of sp³-hybridized carbons (Fsp3) is 0.316. The zero-order chi connectivity index (χ0) is 21.4. The van der Waals surface area contributed by atoms with E-state index < -0.39 is 12.3 Å². The summed E-state index contributed by atoms with van der Waals surface area (Å²) in [5, 5.41) is 11.0. The normalized spacial score (nSPS) is 13.8. The van der Waals surface area contributed by atoms with Crippen molar-refractivity contribution in [3.05, 3.63) is 62.7 Å². The first-order valence-electron chi connectivity index (χ1n) is 9.13. The van der Waals surface area contributed by atoms with Crippen molar-refractivity contribution >= 4 is 39.3 Å². The Labute approximate surface area is 183 Å². The summed E-state index contributed by atoms with van der Waals surface area (Å²) in [6.45, 7) is 0.101. The van der Waals surface area contributed by atoms with Gasteiger partial charge in [-0.1, -0.05) is 23.7 Å². The van der Waals surface area contributed by atoms with E-state index >= 15 is 0 Å². The Balaban J connectivity index is 1.46. The predicted molar refractivity (Wildman–Crippen MR) is 108 cm³/mol. The molecule has 2 aromatic heterocycles. The van der Waals surface area contributed by atoms with Gasteiger partial charge in [-0.2, -0.15) is 10.2 Å². The molecule has 0 radical (unpaired) electrons. The van der Waals surface area contributed by atoms with E-state index in [0.717, 1.165) is 18.4 Å². The van der Waals surface area contributed by atoms with Crippen LogP contribution in [0.2, 0.25) is 5.02 Å². The molecule has 11 heteroatoms. The van der Waals surface area contributed by atoms with Gasteiger partial charge in [0.25, 0.3) is 6.43 Å². The first-order valence-corrected chi connectivity index (χ1v) is 10.3. The lowest BCUT2D eigenvalue weighted by Crippen LogP contribution is -2.21. The minimum atomic E-state index is -2.74. The summed E-state index contributed by atoms with van der Waals surface area (Å²) in [4.78, 5) is 12.5. The van der Waals surface area contributed by atoms with Crippen molar-refractivity contribution in [1.82, 2.24) is 19.6 Å². The SMILES string of the molecule is O=C(Cn1nc(C(F)F)c(Br)c1C1CC1)Nc1nn(Cc2ccc(F)cc2)cc1Cl. The lowest BCUT2D eigenvalue weighted by atomic mass is 10.2. The number of amides is 1. The molecule has 0 saturated heterocycles. The van der Waals surface area contributed by atoms with Gasteiger partial charge in [0.15, 0.2) is 5.82 Å². The second-order valence-electron chi connectivity index (χ2n) is 7.01. The van der Waals surface area contributed by atoms with Crippen LogP contribution in [0.25, 0.3) is 0 Å². The highest BCUT2D eigenvalue weighted by Gasteiger charge is 2.34. The number of benzene rings is 1. The molecule has 1 aliphatic rings. The quantitative estimate of drug-likeness (QED) is 0.487. The fourth-order valence-electron chi connectivity index (χ4n) is 3.13. The number of hydrogen-bond acceptors (Lipinski definition) is 3. The maximum Gasteiger partial charge on any atom is 0.283 e. The third kappa shape index (κ3) is 4.54. The van der Waals surface area contributed by atoms with Crippen molar-refractivity contribution in [1.29, 1.82) is 0 Å². The van der Waals surface area contributed by atoms with Gasteiger partial charge in [-0.3, -0.25) is 14.2 Å². The van der Waals surface area contributed by atoms with E-state index in [1.54, 1.807) is 12.1 Å². The first-order chi connectivity index (χ1) is 14.3. The molecule has 0 unspecified atom stereocenters. The number of aromatic nitrogens is 4. The van der Waals surface area contributed by atoms with Crippen LogP contribution in [0, 0.1) is 5.82 Å². The molecular formula is C19H16BrClF3N5O. The highest BCUT2D eigenvalue weighted by molar-refractivity contribution is 9.10. The van der Waals surface area contributed by atoms with E-state index in [4.69, 9.17) is 11.6 Å².